The molecule has 2 fully saturated rings. The summed E-state index contributed by atoms with van der Waals surface area (Å²) in [4.78, 5) is 31.8. The summed E-state index contributed by atoms with van der Waals surface area (Å²) in [6.07, 6.45) is 8.37. The van der Waals surface area contributed by atoms with E-state index in [2.05, 4.69) is 52.1 Å². The van der Waals surface area contributed by atoms with Crippen LogP contribution >= 0.6 is 0 Å². The molecule has 172 valence electrons. The third kappa shape index (κ3) is 2.48. The molecule has 4 bridgehead atoms. The molecule has 0 unspecified atom stereocenters. The van der Waals surface area contributed by atoms with Crippen LogP contribution in [0.4, 0.5) is 0 Å². The van der Waals surface area contributed by atoms with E-state index in [4.69, 9.17) is 9.16 Å². The number of carbonyl (C=O) groups is 2. The molecule has 0 aromatic rings. The van der Waals surface area contributed by atoms with Gasteiger partial charge in [0.2, 0.25) is 11.8 Å². The third-order valence-electron chi connectivity index (χ3n) is 9.17. The molecule has 6 nitrogen and oxygen atoms in total. The first-order chi connectivity index (χ1) is 14.2. The number of hydrogen-bond acceptors (Lipinski definition) is 4. The largest absolute Gasteiger partial charge is 0.500 e. The van der Waals surface area contributed by atoms with Crippen LogP contribution in [0.2, 0.25) is 18.1 Å². The van der Waals surface area contributed by atoms with Crippen molar-refractivity contribution in [1.29, 1.82) is 0 Å². The van der Waals surface area contributed by atoms with Crippen LogP contribution in [0.15, 0.2) is 24.0 Å². The highest BCUT2D eigenvalue weighted by Gasteiger charge is 2.73. The van der Waals surface area contributed by atoms with Crippen LogP contribution in [-0.4, -0.2) is 68.8 Å². The lowest BCUT2D eigenvalue weighted by molar-refractivity contribution is -0.186. The standard InChI is InChI=1S/C24H38N2O4Si/c1-21(2,3)31(8,9)30-17-11-10-13-23-15-18(29-7)22(4,19(27)26(23)6)16-12-14-24(17,23)20(28)25(16)5/h12,14-17H,10-11,13H2,1-9H3/t16-,17+,22+,23+,24+/m1/s1. The number of carbonyl (C=O) groups excluding carboxylic acids is 2. The molecule has 7 rings (SSSR count). The van der Waals surface area contributed by atoms with Gasteiger partial charge in [-0.1, -0.05) is 32.9 Å². The zero-order valence-electron chi connectivity index (χ0n) is 20.5. The molecule has 0 radical (unpaired) electrons. The molecule has 0 aromatic carbocycles. The summed E-state index contributed by atoms with van der Waals surface area (Å²) in [7, 11) is 3.16. The maximum Gasteiger partial charge on any atom is 0.239 e. The Kier molecular flexibility index (Phi) is 4.71. The zero-order valence-corrected chi connectivity index (χ0v) is 21.5. The molecule has 5 aliphatic heterocycles. The van der Waals surface area contributed by atoms with E-state index in [1.165, 1.54) is 0 Å². The molecule has 0 aromatic heterocycles. The summed E-state index contributed by atoms with van der Waals surface area (Å²) in [5.41, 5.74) is -2.69. The van der Waals surface area contributed by atoms with Gasteiger partial charge in [-0.05, 0) is 50.4 Å². The first-order valence-electron chi connectivity index (χ1n) is 11.4. The molecular weight excluding hydrogens is 408 g/mol. The van der Waals surface area contributed by atoms with Gasteiger partial charge in [-0.15, -0.1) is 0 Å². The fourth-order valence-electron chi connectivity index (χ4n) is 6.25. The van der Waals surface area contributed by atoms with Crippen LogP contribution < -0.4 is 0 Å². The van der Waals surface area contributed by atoms with E-state index in [0.29, 0.717) is 12.2 Å². The highest BCUT2D eigenvalue weighted by Crippen LogP contribution is 2.62. The highest BCUT2D eigenvalue weighted by molar-refractivity contribution is 6.74. The number of amides is 2. The number of likely N-dealkylation sites (N-methyl/N-ethyl adjacent to an activating group) is 2. The van der Waals surface area contributed by atoms with Crippen molar-refractivity contribution in [2.75, 3.05) is 21.2 Å². The number of hydrogen-bond donors (Lipinski definition) is 0. The van der Waals surface area contributed by atoms with Crippen molar-refractivity contribution < 1.29 is 18.8 Å². The fraction of sp³-hybridized carbons (Fsp3) is 0.750. The van der Waals surface area contributed by atoms with Gasteiger partial charge < -0.3 is 19.0 Å². The summed E-state index contributed by atoms with van der Waals surface area (Å²) >= 11 is 0. The maximum atomic E-state index is 14.2. The molecule has 2 aliphatic carbocycles. The van der Waals surface area contributed by atoms with E-state index in [0.717, 1.165) is 12.8 Å². The summed E-state index contributed by atoms with van der Waals surface area (Å²) in [6, 6.07) is -0.388. The minimum atomic E-state index is -2.17. The Bertz CT molecular complexity index is 891. The Morgan fingerprint density at radius 3 is 2.39 bits per heavy atom. The lowest BCUT2D eigenvalue weighted by Crippen LogP contribution is -2.79. The first-order valence-corrected chi connectivity index (χ1v) is 14.3. The lowest BCUT2D eigenvalue weighted by Gasteiger charge is -2.66. The number of nitrogens with zero attached hydrogens (tertiary/aromatic N) is 2. The lowest BCUT2D eigenvalue weighted by atomic mass is 9.51. The molecular formula is C24H38N2O4Si. The SMILES string of the molecule is COC1=C[C@@]23CCC[C@H](O[Si](C)(C)C(C)(C)C)[C@]24C=C[C@@H](N(C)C4=O)[C@]1(C)C(=O)N3C. The second-order valence-corrected chi connectivity index (χ2v) is 16.3. The van der Waals surface area contributed by atoms with Gasteiger partial charge in [-0.3, -0.25) is 9.59 Å². The van der Waals surface area contributed by atoms with Crippen molar-refractivity contribution in [3.05, 3.63) is 24.0 Å². The van der Waals surface area contributed by atoms with Gasteiger partial charge in [0.05, 0.1) is 24.8 Å². The Labute approximate surface area is 187 Å². The van der Waals surface area contributed by atoms with Crippen LogP contribution in [0.25, 0.3) is 0 Å². The van der Waals surface area contributed by atoms with Crippen molar-refractivity contribution >= 4 is 20.1 Å². The van der Waals surface area contributed by atoms with E-state index >= 15 is 0 Å². The Morgan fingerprint density at radius 1 is 1.16 bits per heavy atom. The Morgan fingerprint density at radius 2 is 1.81 bits per heavy atom. The van der Waals surface area contributed by atoms with Crippen LogP contribution in [0.1, 0.15) is 47.0 Å². The molecule has 7 aliphatic rings. The molecule has 2 amide bonds. The molecule has 1 saturated heterocycles. The second-order valence-electron chi connectivity index (χ2n) is 11.6. The summed E-state index contributed by atoms with van der Waals surface area (Å²) in [5, 5.41) is 0.0200. The number of ether oxygens (including phenoxy) is 1. The van der Waals surface area contributed by atoms with Crippen LogP contribution in [0.3, 0.4) is 0 Å². The van der Waals surface area contributed by atoms with Crippen molar-refractivity contribution in [2.45, 2.75) is 82.8 Å². The second kappa shape index (κ2) is 6.47. The summed E-state index contributed by atoms with van der Waals surface area (Å²) in [5.74, 6) is 0.736. The molecule has 1 saturated carbocycles. The van der Waals surface area contributed by atoms with Crippen molar-refractivity contribution in [2.24, 2.45) is 10.8 Å². The topological polar surface area (TPSA) is 59.1 Å². The normalized spacial score (nSPS) is 40.0. The minimum Gasteiger partial charge on any atom is -0.500 e. The predicted molar refractivity (Wildman–Crippen MR) is 123 cm³/mol. The van der Waals surface area contributed by atoms with Gasteiger partial charge in [0, 0.05) is 14.1 Å². The van der Waals surface area contributed by atoms with Gasteiger partial charge in [-0.2, -0.15) is 0 Å². The minimum absolute atomic E-state index is 0.0119. The Balaban J connectivity index is 2.00. The maximum absolute atomic E-state index is 14.2. The third-order valence-corrected chi connectivity index (χ3v) is 13.7. The van der Waals surface area contributed by atoms with Crippen LogP contribution in [0.5, 0.6) is 0 Å². The van der Waals surface area contributed by atoms with E-state index in [1.54, 1.807) is 12.0 Å². The first kappa shape index (κ1) is 22.6. The smallest absolute Gasteiger partial charge is 0.239 e. The van der Waals surface area contributed by atoms with Crippen molar-refractivity contribution in [1.82, 2.24) is 9.80 Å². The van der Waals surface area contributed by atoms with E-state index in [9.17, 15) is 9.59 Å². The van der Waals surface area contributed by atoms with Crippen LogP contribution in [0, 0.1) is 10.8 Å². The van der Waals surface area contributed by atoms with Crippen LogP contribution in [-0.2, 0) is 18.8 Å². The fourth-order valence-corrected chi connectivity index (χ4v) is 7.62. The average molecular weight is 447 g/mol. The molecule has 5 atom stereocenters. The van der Waals surface area contributed by atoms with Gasteiger partial charge in [0.15, 0.2) is 8.32 Å². The quantitative estimate of drug-likeness (QED) is 0.490. The van der Waals surface area contributed by atoms with Crippen molar-refractivity contribution in [3.63, 3.8) is 0 Å². The predicted octanol–water partition coefficient (Wildman–Crippen LogP) is 3.70. The van der Waals surface area contributed by atoms with Crippen molar-refractivity contribution in [3.8, 4) is 0 Å². The molecule has 31 heavy (non-hydrogen) atoms. The number of methoxy groups -OCH3 is 1. The van der Waals surface area contributed by atoms with E-state index in [-0.39, 0.29) is 29.0 Å². The van der Waals surface area contributed by atoms with Gasteiger partial charge in [0.25, 0.3) is 0 Å². The van der Waals surface area contributed by atoms with Gasteiger partial charge >= 0.3 is 0 Å². The highest BCUT2D eigenvalue weighted by atomic mass is 28.4. The van der Waals surface area contributed by atoms with Gasteiger partial charge in [0.1, 0.15) is 16.6 Å². The summed E-state index contributed by atoms with van der Waals surface area (Å²) < 4.78 is 12.9. The molecule has 7 heteroatoms. The molecule has 2 spiro atoms. The zero-order chi connectivity index (χ0) is 23.2. The summed E-state index contributed by atoms with van der Waals surface area (Å²) in [6.45, 7) is 13.0. The van der Waals surface area contributed by atoms with Gasteiger partial charge in [-0.25, -0.2) is 0 Å². The monoisotopic (exact) mass is 446 g/mol. The number of rotatable bonds is 3. The van der Waals surface area contributed by atoms with E-state index < -0.39 is 24.7 Å². The molecule has 5 heterocycles. The molecule has 0 N–H and O–H groups in total. The van der Waals surface area contributed by atoms with E-state index in [1.807, 2.05) is 25.9 Å². The average Bonchev–Trinajstić information content (AvgIpc) is 2.67. The Hall–Kier alpha value is -1.60.